The minimum atomic E-state index is -0.495. The largest absolute Gasteiger partial charge is 0.389 e. The summed E-state index contributed by atoms with van der Waals surface area (Å²) in [6, 6.07) is 13.7. The Kier molecular flexibility index (Phi) is 5.08. The van der Waals surface area contributed by atoms with Gasteiger partial charge in [0.15, 0.2) is 0 Å². The second-order valence-corrected chi connectivity index (χ2v) is 6.21. The molecule has 0 aromatic heterocycles. The average molecular weight is 355 g/mol. The highest BCUT2D eigenvalue weighted by Crippen LogP contribution is 2.30. The van der Waals surface area contributed by atoms with Gasteiger partial charge in [-0.25, -0.2) is 0 Å². The van der Waals surface area contributed by atoms with Crippen LogP contribution in [0.1, 0.15) is 24.2 Å². The minimum absolute atomic E-state index is 0.495. The Morgan fingerprint density at radius 1 is 1.20 bits per heavy atom. The van der Waals surface area contributed by atoms with E-state index in [1.807, 2.05) is 49.5 Å². The Morgan fingerprint density at radius 2 is 1.85 bits per heavy atom. The summed E-state index contributed by atoms with van der Waals surface area (Å²) < 4.78 is 1.000. The fourth-order valence-electron chi connectivity index (χ4n) is 2.15. The number of nitrogens with zero attached hydrogens (tertiary/aromatic N) is 1. The van der Waals surface area contributed by atoms with Crippen molar-refractivity contribution in [1.29, 1.82) is 0 Å². The topological polar surface area (TPSA) is 23.5 Å². The van der Waals surface area contributed by atoms with Crippen molar-refractivity contribution < 1.29 is 5.11 Å². The zero-order valence-electron chi connectivity index (χ0n) is 11.5. The third-order valence-electron chi connectivity index (χ3n) is 3.19. The predicted octanol–water partition coefficient (Wildman–Crippen LogP) is 4.79. The average Bonchev–Trinajstić information content (AvgIpc) is 2.41. The molecule has 0 saturated carbocycles. The molecule has 2 aromatic carbocycles. The number of aliphatic hydroxyl groups is 1. The van der Waals surface area contributed by atoms with E-state index in [4.69, 9.17) is 11.6 Å². The molecule has 20 heavy (non-hydrogen) atoms. The van der Waals surface area contributed by atoms with E-state index in [2.05, 4.69) is 20.8 Å². The van der Waals surface area contributed by atoms with Gasteiger partial charge in [-0.05, 0) is 36.8 Å². The highest BCUT2D eigenvalue weighted by Gasteiger charge is 2.12. The molecule has 0 saturated heterocycles. The summed E-state index contributed by atoms with van der Waals surface area (Å²) in [5.74, 6) is 0. The summed E-state index contributed by atoms with van der Waals surface area (Å²) in [5, 5.41) is 10.6. The summed E-state index contributed by atoms with van der Waals surface area (Å²) in [6.07, 6.45) is -0.495. The molecule has 0 amide bonds. The molecule has 0 heterocycles. The van der Waals surface area contributed by atoms with Crippen LogP contribution in [0.4, 0.5) is 5.69 Å². The molecule has 1 unspecified atom stereocenters. The first-order valence-corrected chi connectivity index (χ1v) is 7.57. The van der Waals surface area contributed by atoms with Crippen LogP contribution in [-0.4, -0.2) is 12.2 Å². The fraction of sp³-hybridized carbons (Fsp3) is 0.250. The van der Waals surface area contributed by atoms with Crippen molar-refractivity contribution in [2.24, 2.45) is 0 Å². The van der Waals surface area contributed by atoms with Crippen molar-refractivity contribution >= 4 is 33.2 Å². The molecule has 2 nitrogen and oxygen atoms in total. The van der Waals surface area contributed by atoms with E-state index >= 15 is 0 Å². The highest BCUT2D eigenvalue weighted by molar-refractivity contribution is 9.10. The van der Waals surface area contributed by atoms with Gasteiger partial charge in [0.2, 0.25) is 0 Å². The molecular formula is C16H17BrClNO. The summed E-state index contributed by atoms with van der Waals surface area (Å²) in [4.78, 5) is 2.12. The van der Waals surface area contributed by atoms with Gasteiger partial charge >= 0.3 is 0 Å². The summed E-state index contributed by atoms with van der Waals surface area (Å²) in [6.45, 7) is 2.54. The van der Waals surface area contributed by atoms with Gasteiger partial charge in [-0.15, -0.1) is 0 Å². The van der Waals surface area contributed by atoms with E-state index in [-0.39, 0.29) is 0 Å². The number of hydrogen-bond acceptors (Lipinski definition) is 2. The molecule has 106 valence electrons. The molecule has 0 aliphatic rings. The monoisotopic (exact) mass is 353 g/mol. The molecule has 0 aliphatic carbocycles. The third-order valence-corrected chi connectivity index (χ3v) is 3.93. The van der Waals surface area contributed by atoms with Crippen molar-refractivity contribution in [2.45, 2.75) is 19.6 Å². The van der Waals surface area contributed by atoms with E-state index in [0.717, 1.165) is 27.3 Å². The summed E-state index contributed by atoms with van der Waals surface area (Å²) in [5.41, 5.74) is 3.11. The number of anilines is 1. The Hall–Kier alpha value is -1.03. The van der Waals surface area contributed by atoms with Gasteiger partial charge in [0.25, 0.3) is 0 Å². The van der Waals surface area contributed by atoms with Crippen LogP contribution in [-0.2, 0) is 6.54 Å². The lowest BCUT2D eigenvalue weighted by atomic mass is 10.1. The Bertz CT molecular complexity index is 584. The lowest BCUT2D eigenvalue weighted by Gasteiger charge is -2.24. The first-order chi connectivity index (χ1) is 9.47. The molecule has 1 N–H and O–H groups in total. The van der Waals surface area contributed by atoms with Crippen molar-refractivity contribution in [3.05, 3.63) is 63.1 Å². The Balaban J connectivity index is 2.26. The molecule has 0 fully saturated rings. The number of hydrogen-bond donors (Lipinski definition) is 1. The molecule has 0 aliphatic heterocycles. The number of rotatable bonds is 4. The molecule has 0 bridgehead atoms. The first-order valence-electron chi connectivity index (χ1n) is 6.40. The van der Waals surface area contributed by atoms with Gasteiger partial charge in [0.1, 0.15) is 0 Å². The maximum Gasteiger partial charge on any atom is 0.0782 e. The molecule has 0 spiro atoms. The predicted molar refractivity (Wildman–Crippen MR) is 88.3 cm³/mol. The molecule has 1 atom stereocenters. The van der Waals surface area contributed by atoms with Crippen molar-refractivity contribution in [3.63, 3.8) is 0 Å². The number of halogens is 2. The molecule has 4 heteroatoms. The second kappa shape index (κ2) is 6.61. The number of aliphatic hydroxyl groups excluding tert-OH is 1. The highest BCUT2D eigenvalue weighted by atomic mass is 79.9. The van der Waals surface area contributed by atoms with Gasteiger partial charge in [-0.2, -0.15) is 0 Å². The third kappa shape index (κ3) is 3.75. The van der Waals surface area contributed by atoms with E-state index < -0.39 is 6.10 Å². The van der Waals surface area contributed by atoms with Crippen LogP contribution in [0, 0.1) is 0 Å². The standard InChI is InChI=1S/C16H17BrClNO/c1-11(20)15-8-5-13(17)9-16(15)19(2)10-12-3-6-14(18)7-4-12/h3-9,11,20H,10H2,1-2H3. The zero-order valence-corrected chi connectivity index (χ0v) is 13.8. The van der Waals surface area contributed by atoms with Crippen LogP contribution in [0.5, 0.6) is 0 Å². The van der Waals surface area contributed by atoms with Crippen LogP contribution in [0.25, 0.3) is 0 Å². The molecular weight excluding hydrogens is 338 g/mol. The normalized spacial score (nSPS) is 12.2. The fourth-order valence-corrected chi connectivity index (χ4v) is 2.62. The minimum Gasteiger partial charge on any atom is -0.389 e. The van der Waals surface area contributed by atoms with Crippen LogP contribution < -0.4 is 4.90 Å². The quantitative estimate of drug-likeness (QED) is 0.853. The number of benzene rings is 2. The Morgan fingerprint density at radius 3 is 2.45 bits per heavy atom. The summed E-state index contributed by atoms with van der Waals surface area (Å²) >= 11 is 9.38. The lowest BCUT2D eigenvalue weighted by molar-refractivity contribution is 0.199. The maximum atomic E-state index is 9.89. The van der Waals surface area contributed by atoms with Crippen molar-refractivity contribution in [1.82, 2.24) is 0 Å². The van der Waals surface area contributed by atoms with Gasteiger partial charge in [0, 0.05) is 34.3 Å². The van der Waals surface area contributed by atoms with Crippen LogP contribution in [0.3, 0.4) is 0 Å². The van der Waals surface area contributed by atoms with Crippen LogP contribution in [0.2, 0.25) is 5.02 Å². The molecule has 2 rings (SSSR count). The van der Waals surface area contributed by atoms with Gasteiger partial charge in [-0.3, -0.25) is 0 Å². The zero-order chi connectivity index (χ0) is 14.7. The Labute approximate surface area is 133 Å². The SMILES string of the molecule is CC(O)c1ccc(Br)cc1N(C)Cc1ccc(Cl)cc1. The lowest BCUT2D eigenvalue weighted by Crippen LogP contribution is -2.18. The van der Waals surface area contributed by atoms with Crippen molar-refractivity contribution in [2.75, 3.05) is 11.9 Å². The molecule has 0 radical (unpaired) electrons. The van der Waals surface area contributed by atoms with Gasteiger partial charge in [-0.1, -0.05) is 45.7 Å². The van der Waals surface area contributed by atoms with E-state index in [9.17, 15) is 5.11 Å². The van der Waals surface area contributed by atoms with Crippen LogP contribution >= 0.6 is 27.5 Å². The van der Waals surface area contributed by atoms with Crippen LogP contribution in [0.15, 0.2) is 46.9 Å². The van der Waals surface area contributed by atoms with E-state index in [1.165, 1.54) is 5.56 Å². The van der Waals surface area contributed by atoms with E-state index in [1.54, 1.807) is 6.92 Å². The maximum absolute atomic E-state index is 9.89. The smallest absolute Gasteiger partial charge is 0.0782 e. The van der Waals surface area contributed by atoms with Gasteiger partial charge in [0.05, 0.1) is 6.10 Å². The first kappa shape index (κ1) is 15.4. The van der Waals surface area contributed by atoms with Crippen molar-refractivity contribution in [3.8, 4) is 0 Å². The molecule has 2 aromatic rings. The van der Waals surface area contributed by atoms with E-state index in [0.29, 0.717) is 0 Å². The van der Waals surface area contributed by atoms with Gasteiger partial charge < -0.3 is 10.0 Å². The second-order valence-electron chi connectivity index (χ2n) is 4.86. The summed E-state index contributed by atoms with van der Waals surface area (Å²) in [7, 11) is 2.02.